The molecule has 110 valence electrons. The molecule has 1 aliphatic heterocycles. The van der Waals surface area contributed by atoms with Gasteiger partial charge < -0.3 is 4.52 Å². The monoisotopic (exact) mass is 284 g/mol. The zero-order valence-electron chi connectivity index (χ0n) is 13.1. The van der Waals surface area contributed by atoms with Crippen LogP contribution in [0.25, 0.3) is 0 Å². The molecule has 0 aromatic rings. The first-order valence-corrected chi connectivity index (χ1v) is 9.72. The summed E-state index contributed by atoms with van der Waals surface area (Å²) in [7, 11) is -2.43. The van der Waals surface area contributed by atoms with Crippen LogP contribution in [0.5, 0.6) is 0 Å². The van der Waals surface area contributed by atoms with E-state index in [1.807, 2.05) is 0 Å². The van der Waals surface area contributed by atoms with Gasteiger partial charge in [-0.25, -0.2) is 0 Å². The molecule has 0 unspecified atom stereocenters. The summed E-state index contributed by atoms with van der Waals surface area (Å²) in [5.41, 5.74) is 2.57. The van der Waals surface area contributed by atoms with Gasteiger partial charge in [-0.05, 0) is 44.4 Å². The summed E-state index contributed by atoms with van der Waals surface area (Å²) < 4.78 is 19.2. The van der Waals surface area contributed by atoms with Crippen molar-refractivity contribution in [1.82, 2.24) is 0 Å². The van der Waals surface area contributed by atoms with Gasteiger partial charge in [0.1, 0.15) is 0 Å². The SMILES string of the molecule is CC1=C(C)CP(=O)(O[C@@H]2C[C@H](C)CC[C@H]2C(C)C)C1. The van der Waals surface area contributed by atoms with Crippen LogP contribution in [-0.2, 0) is 9.09 Å². The molecule has 0 N–H and O–H groups in total. The Bertz CT molecular complexity index is 393. The molecule has 2 rings (SSSR count). The fourth-order valence-corrected chi connectivity index (χ4v) is 6.59. The summed E-state index contributed by atoms with van der Waals surface area (Å²) in [6.07, 6.45) is 5.21. The lowest BCUT2D eigenvalue weighted by atomic mass is 9.75. The van der Waals surface area contributed by atoms with Crippen molar-refractivity contribution >= 4 is 7.37 Å². The first-order valence-electron chi connectivity index (χ1n) is 7.72. The minimum Gasteiger partial charge on any atom is -0.324 e. The maximum atomic E-state index is 12.9. The van der Waals surface area contributed by atoms with Gasteiger partial charge in [0.05, 0.1) is 6.10 Å². The van der Waals surface area contributed by atoms with E-state index in [0.29, 0.717) is 30.1 Å². The van der Waals surface area contributed by atoms with Crippen LogP contribution >= 0.6 is 7.37 Å². The molecule has 0 radical (unpaired) electrons. The minimum absolute atomic E-state index is 0.216. The second-order valence-corrected chi connectivity index (χ2v) is 9.63. The van der Waals surface area contributed by atoms with Crippen molar-refractivity contribution in [2.24, 2.45) is 17.8 Å². The molecule has 1 aliphatic carbocycles. The molecule has 2 aliphatic rings. The summed E-state index contributed by atoms with van der Waals surface area (Å²) in [6.45, 7) is 11.0. The highest BCUT2D eigenvalue weighted by molar-refractivity contribution is 7.59. The lowest BCUT2D eigenvalue weighted by Gasteiger charge is -2.38. The second kappa shape index (κ2) is 5.74. The third-order valence-electron chi connectivity index (χ3n) is 4.97. The van der Waals surface area contributed by atoms with Gasteiger partial charge in [0, 0.05) is 12.3 Å². The Labute approximate surface area is 118 Å². The third-order valence-corrected chi connectivity index (χ3v) is 7.54. The smallest absolute Gasteiger partial charge is 0.211 e. The number of rotatable bonds is 3. The lowest BCUT2D eigenvalue weighted by molar-refractivity contribution is 0.0490. The van der Waals surface area contributed by atoms with Crippen LogP contribution in [0.3, 0.4) is 0 Å². The van der Waals surface area contributed by atoms with E-state index < -0.39 is 7.37 Å². The molecule has 0 aromatic heterocycles. The first kappa shape index (κ1) is 15.3. The van der Waals surface area contributed by atoms with Crippen LogP contribution in [0.1, 0.15) is 53.9 Å². The average molecular weight is 284 g/mol. The number of hydrogen-bond donors (Lipinski definition) is 0. The molecule has 0 amide bonds. The fourth-order valence-electron chi connectivity index (χ4n) is 3.61. The highest BCUT2D eigenvalue weighted by atomic mass is 31.2. The molecule has 0 aromatic carbocycles. The second-order valence-electron chi connectivity index (χ2n) is 7.16. The Morgan fingerprint density at radius 3 is 2.26 bits per heavy atom. The molecule has 0 bridgehead atoms. The van der Waals surface area contributed by atoms with E-state index in [-0.39, 0.29) is 6.10 Å². The van der Waals surface area contributed by atoms with Crippen LogP contribution in [0.15, 0.2) is 11.1 Å². The van der Waals surface area contributed by atoms with Gasteiger partial charge >= 0.3 is 0 Å². The molecule has 1 heterocycles. The van der Waals surface area contributed by atoms with Crippen LogP contribution in [0, 0.1) is 17.8 Å². The first-order chi connectivity index (χ1) is 8.81. The molecular weight excluding hydrogens is 255 g/mol. The molecule has 1 fully saturated rings. The summed E-state index contributed by atoms with van der Waals surface area (Å²) >= 11 is 0. The van der Waals surface area contributed by atoms with Gasteiger partial charge in [0.2, 0.25) is 7.37 Å². The van der Waals surface area contributed by atoms with Crippen molar-refractivity contribution in [2.45, 2.75) is 60.0 Å². The Morgan fingerprint density at radius 2 is 1.74 bits per heavy atom. The molecule has 2 nitrogen and oxygen atoms in total. The minimum atomic E-state index is -2.43. The van der Waals surface area contributed by atoms with Gasteiger partial charge in [-0.15, -0.1) is 0 Å². The number of hydrogen-bond acceptors (Lipinski definition) is 2. The van der Waals surface area contributed by atoms with Crippen molar-refractivity contribution in [3.8, 4) is 0 Å². The maximum absolute atomic E-state index is 12.9. The van der Waals surface area contributed by atoms with Crippen molar-refractivity contribution in [3.05, 3.63) is 11.1 Å². The van der Waals surface area contributed by atoms with Crippen LogP contribution in [0.2, 0.25) is 0 Å². The highest BCUT2D eigenvalue weighted by Gasteiger charge is 2.39. The van der Waals surface area contributed by atoms with E-state index in [2.05, 4.69) is 34.6 Å². The molecule has 1 saturated carbocycles. The fraction of sp³-hybridized carbons (Fsp3) is 0.875. The van der Waals surface area contributed by atoms with E-state index in [9.17, 15) is 4.57 Å². The van der Waals surface area contributed by atoms with Gasteiger partial charge in [-0.2, -0.15) is 0 Å². The van der Waals surface area contributed by atoms with Crippen LogP contribution < -0.4 is 0 Å². The lowest BCUT2D eigenvalue weighted by Crippen LogP contribution is -2.33. The molecule has 3 atom stereocenters. The van der Waals surface area contributed by atoms with Crippen LogP contribution in [-0.4, -0.2) is 18.4 Å². The molecule has 0 spiro atoms. The van der Waals surface area contributed by atoms with Crippen molar-refractivity contribution < 1.29 is 9.09 Å². The van der Waals surface area contributed by atoms with Crippen molar-refractivity contribution in [3.63, 3.8) is 0 Å². The largest absolute Gasteiger partial charge is 0.324 e. The topological polar surface area (TPSA) is 26.3 Å². The summed E-state index contributed by atoms with van der Waals surface area (Å²) in [5, 5.41) is 0. The van der Waals surface area contributed by atoms with Gasteiger partial charge in [0.25, 0.3) is 0 Å². The van der Waals surface area contributed by atoms with Crippen LogP contribution in [0.4, 0.5) is 0 Å². The Hall–Kier alpha value is -0.0700. The average Bonchev–Trinajstić information content (AvgIpc) is 2.51. The molecule has 0 saturated heterocycles. The summed E-state index contributed by atoms with van der Waals surface area (Å²) in [4.78, 5) is 0. The van der Waals surface area contributed by atoms with Crippen molar-refractivity contribution in [2.75, 3.05) is 12.3 Å². The predicted octanol–water partition coefficient (Wildman–Crippen LogP) is 5.09. The zero-order chi connectivity index (χ0) is 14.2. The van der Waals surface area contributed by atoms with E-state index >= 15 is 0 Å². The van der Waals surface area contributed by atoms with Gasteiger partial charge in [-0.3, -0.25) is 4.57 Å². The molecule has 3 heteroatoms. The van der Waals surface area contributed by atoms with Crippen molar-refractivity contribution in [1.29, 1.82) is 0 Å². The third kappa shape index (κ3) is 3.52. The Balaban J connectivity index is 2.06. The van der Waals surface area contributed by atoms with Gasteiger partial charge in [0.15, 0.2) is 0 Å². The normalized spacial score (nSPS) is 35.2. The summed E-state index contributed by atoms with van der Waals surface area (Å²) in [6, 6.07) is 0. The standard InChI is InChI=1S/C16H29O2P/c1-11(2)15-7-6-12(3)8-16(15)18-19(17)9-13(4)14(5)10-19/h11-12,15-16H,6-10H2,1-5H3/t12-,15+,16-/m1/s1. The summed E-state index contributed by atoms with van der Waals surface area (Å²) in [5.74, 6) is 1.93. The van der Waals surface area contributed by atoms with Gasteiger partial charge in [-0.1, -0.05) is 38.3 Å². The van der Waals surface area contributed by atoms with E-state index in [1.165, 1.54) is 24.0 Å². The Morgan fingerprint density at radius 1 is 1.16 bits per heavy atom. The molecular formula is C16H29O2P. The van der Waals surface area contributed by atoms with E-state index in [0.717, 1.165) is 6.42 Å². The molecule has 19 heavy (non-hydrogen) atoms. The maximum Gasteiger partial charge on any atom is 0.211 e. The highest BCUT2D eigenvalue weighted by Crippen LogP contribution is 2.57. The number of allylic oxidation sites excluding steroid dienone is 2. The van der Waals surface area contributed by atoms with E-state index in [1.54, 1.807) is 0 Å². The quantitative estimate of drug-likeness (QED) is 0.533. The van der Waals surface area contributed by atoms with E-state index in [4.69, 9.17) is 4.52 Å². The Kier molecular flexibility index (Phi) is 4.63. The zero-order valence-corrected chi connectivity index (χ0v) is 14.0. The predicted molar refractivity (Wildman–Crippen MR) is 81.9 cm³/mol.